The van der Waals surface area contributed by atoms with Crippen molar-refractivity contribution in [2.45, 2.75) is 19.0 Å². The minimum absolute atomic E-state index is 0.00324. The van der Waals surface area contributed by atoms with E-state index in [1.165, 1.54) is 18.5 Å². The number of alkyl halides is 3. The number of hydrogen-bond donors (Lipinski definition) is 1. The molecule has 3 heterocycles. The lowest BCUT2D eigenvalue weighted by Crippen LogP contribution is -2.33. The molecule has 172 valence electrons. The lowest BCUT2D eigenvalue weighted by Gasteiger charge is -2.20. The SMILES string of the molecule is O=C(O)C(F)(F)F.O=C(c1ccncc1)N1CCc2ncnc(-c3ccc(F)cc3)c2CC1. The molecule has 0 saturated heterocycles. The van der Waals surface area contributed by atoms with Crippen molar-refractivity contribution in [2.75, 3.05) is 13.1 Å². The highest BCUT2D eigenvalue weighted by Crippen LogP contribution is 2.26. The fraction of sp³-hybridized carbons (Fsp3) is 0.227. The summed E-state index contributed by atoms with van der Waals surface area (Å²) in [6, 6.07) is 9.76. The number of carboxylic acid groups (broad SMARTS) is 1. The molecule has 0 spiro atoms. The molecule has 3 aromatic rings. The number of halogens is 4. The minimum Gasteiger partial charge on any atom is -0.475 e. The highest BCUT2D eigenvalue weighted by molar-refractivity contribution is 5.94. The van der Waals surface area contributed by atoms with Gasteiger partial charge in [-0.05, 0) is 42.8 Å². The van der Waals surface area contributed by atoms with Crippen LogP contribution in [0.4, 0.5) is 17.6 Å². The van der Waals surface area contributed by atoms with Gasteiger partial charge in [0, 0.05) is 54.3 Å². The van der Waals surface area contributed by atoms with Gasteiger partial charge in [-0.25, -0.2) is 19.2 Å². The third-order valence-electron chi connectivity index (χ3n) is 4.86. The summed E-state index contributed by atoms with van der Waals surface area (Å²) in [6.45, 7) is 1.20. The van der Waals surface area contributed by atoms with Gasteiger partial charge in [0.1, 0.15) is 12.1 Å². The van der Waals surface area contributed by atoms with Crippen molar-refractivity contribution in [3.05, 3.63) is 77.8 Å². The summed E-state index contributed by atoms with van der Waals surface area (Å²) in [5.74, 6) is -3.04. The Labute approximate surface area is 185 Å². The van der Waals surface area contributed by atoms with Crippen molar-refractivity contribution < 1.29 is 32.3 Å². The highest BCUT2D eigenvalue weighted by Gasteiger charge is 2.38. The Kier molecular flexibility index (Phi) is 7.31. The maximum Gasteiger partial charge on any atom is 0.490 e. The lowest BCUT2D eigenvalue weighted by atomic mass is 10.0. The van der Waals surface area contributed by atoms with E-state index in [2.05, 4.69) is 15.0 Å². The van der Waals surface area contributed by atoms with Crippen LogP contribution in [0, 0.1) is 5.82 Å². The van der Waals surface area contributed by atoms with E-state index in [1.54, 1.807) is 36.7 Å². The molecule has 0 bridgehead atoms. The molecule has 0 saturated carbocycles. The van der Waals surface area contributed by atoms with Crippen LogP contribution in [-0.2, 0) is 17.6 Å². The summed E-state index contributed by atoms with van der Waals surface area (Å²) in [5, 5.41) is 7.12. The number of hydrogen-bond acceptors (Lipinski definition) is 5. The zero-order valence-electron chi connectivity index (χ0n) is 17.1. The van der Waals surface area contributed by atoms with Crippen LogP contribution in [0.15, 0.2) is 55.1 Å². The van der Waals surface area contributed by atoms with E-state index in [-0.39, 0.29) is 11.7 Å². The average molecular weight is 462 g/mol. The van der Waals surface area contributed by atoms with E-state index in [9.17, 15) is 22.4 Å². The van der Waals surface area contributed by atoms with Crippen molar-refractivity contribution in [3.8, 4) is 11.3 Å². The Bertz CT molecular complexity index is 1120. The zero-order chi connectivity index (χ0) is 24.0. The second-order valence-electron chi connectivity index (χ2n) is 6.99. The van der Waals surface area contributed by atoms with Crippen LogP contribution in [0.25, 0.3) is 11.3 Å². The number of nitrogens with zero attached hydrogens (tertiary/aromatic N) is 4. The van der Waals surface area contributed by atoms with Gasteiger partial charge in [-0.1, -0.05) is 0 Å². The van der Waals surface area contributed by atoms with Gasteiger partial charge in [-0.3, -0.25) is 9.78 Å². The van der Waals surface area contributed by atoms with Crippen molar-refractivity contribution in [3.63, 3.8) is 0 Å². The number of amides is 1. The Morgan fingerprint density at radius 2 is 1.55 bits per heavy atom. The van der Waals surface area contributed by atoms with Crippen LogP contribution in [0.3, 0.4) is 0 Å². The second kappa shape index (κ2) is 10.2. The number of fused-ring (bicyclic) bond motifs is 1. The Morgan fingerprint density at radius 1 is 0.939 bits per heavy atom. The molecule has 1 amide bonds. The molecule has 0 unspecified atom stereocenters. The molecule has 2 aromatic heterocycles. The molecule has 1 N–H and O–H groups in total. The number of aromatic nitrogens is 3. The molecule has 1 aromatic carbocycles. The van der Waals surface area contributed by atoms with Gasteiger partial charge in [-0.15, -0.1) is 0 Å². The lowest BCUT2D eigenvalue weighted by molar-refractivity contribution is -0.192. The molecule has 11 heteroatoms. The van der Waals surface area contributed by atoms with Gasteiger partial charge >= 0.3 is 12.1 Å². The summed E-state index contributed by atoms with van der Waals surface area (Å²) in [6.07, 6.45) is 1.04. The van der Waals surface area contributed by atoms with E-state index in [0.717, 1.165) is 22.5 Å². The van der Waals surface area contributed by atoms with Crippen LogP contribution in [-0.4, -0.2) is 56.1 Å². The molecule has 33 heavy (non-hydrogen) atoms. The molecular weight excluding hydrogens is 444 g/mol. The fourth-order valence-corrected chi connectivity index (χ4v) is 3.26. The van der Waals surface area contributed by atoms with E-state index in [0.29, 0.717) is 31.5 Å². The van der Waals surface area contributed by atoms with Gasteiger partial charge in [-0.2, -0.15) is 13.2 Å². The monoisotopic (exact) mass is 462 g/mol. The van der Waals surface area contributed by atoms with Crippen LogP contribution in [0.1, 0.15) is 21.6 Å². The van der Waals surface area contributed by atoms with E-state index in [1.807, 2.05) is 4.90 Å². The molecule has 1 aliphatic heterocycles. The zero-order valence-corrected chi connectivity index (χ0v) is 17.1. The number of aliphatic carboxylic acids is 1. The van der Waals surface area contributed by atoms with Gasteiger partial charge in [0.05, 0.1) is 5.69 Å². The summed E-state index contributed by atoms with van der Waals surface area (Å²) < 4.78 is 45.0. The number of carbonyl (C=O) groups is 2. The number of pyridine rings is 1. The van der Waals surface area contributed by atoms with E-state index in [4.69, 9.17) is 9.90 Å². The summed E-state index contributed by atoms with van der Waals surface area (Å²) >= 11 is 0. The third kappa shape index (κ3) is 6.09. The fourth-order valence-electron chi connectivity index (χ4n) is 3.26. The first kappa shape index (κ1) is 23.8. The second-order valence-corrected chi connectivity index (χ2v) is 6.99. The Hall–Kier alpha value is -3.89. The average Bonchev–Trinajstić information content (AvgIpc) is 3.02. The van der Waals surface area contributed by atoms with Gasteiger partial charge in [0.15, 0.2) is 0 Å². The molecule has 0 radical (unpaired) electrons. The largest absolute Gasteiger partial charge is 0.490 e. The minimum atomic E-state index is -5.08. The van der Waals surface area contributed by atoms with Gasteiger partial charge < -0.3 is 10.0 Å². The van der Waals surface area contributed by atoms with Crippen molar-refractivity contribution in [2.24, 2.45) is 0 Å². The first-order valence-electron chi connectivity index (χ1n) is 9.75. The first-order valence-corrected chi connectivity index (χ1v) is 9.75. The predicted molar refractivity (Wildman–Crippen MR) is 109 cm³/mol. The van der Waals surface area contributed by atoms with Gasteiger partial charge in [0.2, 0.25) is 0 Å². The smallest absolute Gasteiger partial charge is 0.475 e. The predicted octanol–water partition coefficient (Wildman–Crippen LogP) is 3.55. The van der Waals surface area contributed by atoms with Gasteiger partial charge in [0.25, 0.3) is 5.91 Å². The van der Waals surface area contributed by atoms with Crippen LogP contribution >= 0.6 is 0 Å². The molecular formula is C22H18F4N4O3. The molecule has 0 aliphatic carbocycles. The summed E-state index contributed by atoms with van der Waals surface area (Å²) in [7, 11) is 0. The van der Waals surface area contributed by atoms with Crippen molar-refractivity contribution >= 4 is 11.9 Å². The van der Waals surface area contributed by atoms with Crippen LogP contribution < -0.4 is 0 Å². The quantitative estimate of drug-likeness (QED) is 0.586. The first-order chi connectivity index (χ1) is 15.7. The van der Waals surface area contributed by atoms with E-state index >= 15 is 0 Å². The number of carboxylic acids is 1. The molecule has 1 aliphatic rings. The number of benzene rings is 1. The topological polar surface area (TPSA) is 96.3 Å². The molecule has 0 atom stereocenters. The van der Waals surface area contributed by atoms with Crippen molar-refractivity contribution in [1.29, 1.82) is 0 Å². The summed E-state index contributed by atoms with van der Waals surface area (Å²) in [5.41, 5.74) is 4.29. The highest BCUT2D eigenvalue weighted by atomic mass is 19.4. The normalized spacial score (nSPS) is 13.3. The van der Waals surface area contributed by atoms with Crippen LogP contribution in [0.5, 0.6) is 0 Å². The Morgan fingerprint density at radius 3 is 2.15 bits per heavy atom. The maximum absolute atomic E-state index is 13.2. The number of carbonyl (C=O) groups excluding carboxylic acids is 1. The number of rotatable bonds is 2. The standard InChI is InChI=1S/C20H17FN4O.C2HF3O2/c21-16-3-1-14(2-4-16)19-17-7-11-25(12-8-18(17)23-13-24-19)20(26)15-5-9-22-10-6-15;3-2(4,5)1(6)7/h1-6,9-10,13H,7-8,11-12H2;(H,6,7). The van der Waals surface area contributed by atoms with Crippen molar-refractivity contribution in [1.82, 2.24) is 19.9 Å². The van der Waals surface area contributed by atoms with E-state index < -0.39 is 12.1 Å². The summed E-state index contributed by atoms with van der Waals surface area (Å²) in [4.78, 5) is 36.2. The Balaban J connectivity index is 0.000000383. The van der Waals surface area contributed by atoms with Crippen LogP contribution in [0.2, 0.25) is 0 Å². The molecule has 7 nitrogen and oxygen atoms in total. The maximum atomic E-state index is 13.2. The molecule has 0 fully saturated rings. The third-order valence-corrected chi connectivity index (χ3v) is 4.86. The molecule has 4 rings (SSSR count).